The Bertz CT molecular complexity index is 546. The van der Waals surface area contributed by atoms with Gasteiger partial charge in [0.15, 0.2) is 5.95 Å². The van der Waals surface area contributed by atoms with E-state index >= 15 is 0 Å². The molecule has 2 aromatic rings. The SMILES string of the molecule is CNc1ncc(Cc2cc(C(C)C)ccc2OC)[nH]1. The van der Waals surface area contributed by atoms with Crippen LogP contribution in [0.1, 0.15) is 36.6 Å². The molecule has 0 saturated carbocycles. The second-order valence-corrected chi connectivity index (χ2v) is 4.91. The van der Waals surface area contributed by atoms with Gasteiger partial charge < -0.3 is 15.0 Å². The quantitative estimate of drug-likeness (QED) is 0.867. The Balaban J connectivity index is 2.28. The Labute approximate surface area is 114 Å². The molecule has 19 heavy (non-hydrogen) atoms. The lowest BCUT2D eigenvalue weighted by Gasteiger charge is -2.12. The number of nitrogens with zero attached hydrogens (tertiary/aromatic N) is 1. The molecule has 0 aliphatic carbocycles. The van der Waals surface area contributed by atoms with Crippen LogP contribution in [-0.2, 0) is 6.42 Å². The number of imidazole rings is 1. The van der Waals surface area contributed by atoms with Gasteiger partial charge in [0.25, 0.3) is 0 Å². The van der Waals surface area contributed by atoms with Gasteiger partial charge in [-0.15, -0.1) is 0 Å². The molecule has 0 atom stereocenters. The van der Waals surface area contributed by atoms with E-state index in [9.17, 15) is 0 Å². The van der Waals surface area contributed by atoms with E-state index in [1.165, 1.54) is 11.1 Å². The molecular weight excluding hydrogens is 238 g/mol. The number of nitrogens with one attached hydrogen (secondary N) is 2. The first-order valence-electron chi connectivity index (χ1n) is 6.52. The summed E-state index contributed by atoms with van der Waals surface area (Å²) in [6.45, 7) is 4.39. The highest BCUT2D eigenvalue weighted by Gasteiger charge is 2.09. The molecule has 0 aliphatic heterocycles. The fourth-order valence-electron chi connectivity index (χ4n) is 2.08. The fraction of sp³-hybridized carbons (Fsp3) is 0.400. The Kier molecular flexibility index (Phi) is 4.10. The van der Waals surface area contributed by atoms with Gasteiger partial charge in [-0.05, 0) is 17.5 Å². The summed E-state index contributed by atoms with van der Waals surface area (Å²) in [5, 5.41) is 2.99. The predicted octanol–water partition coefficient (Wildman–Crippen LogP) is 3.17. The number of hydrogen-bond acceptors (Lipinski definition) is 3. The molecule has 0 aliphatic rings. The second-order valence-electron chi connectivity index (χ2n) is 4.91. The van der Waals surface area contributed by atoms with Gasteiger partial charge in [0.2, 0.25) is 0 Å². The maximum atomic E-state index is 5.44. The van der Waals surface area contributed by atoms with Crippen molar-refractivity contribution in [1.29, 1.82) is 0 Å². The van der Waals surface area contributed by atoms with Gasteiger partial charge in [-0.25, -0.2) is 4.98 Å². The summed E-state index contributed by atoms with van der Waals surface area (Å²) >= 11 is 0. The van der Waals surface area contributed by atoms with Crippen LogP contribution >= 0.6 is 0 Å². The summed E-state index contributed by atoms with van der Waals surface area (Å²) in [7, 11) is 3.56. The second kappa shape index (κ2) is 5.78. The number of rotatable bonds is 5. The molecule has 0 unspecified atom stereocenters. The number of hydrogen-bond donors (Lipinski definition) is 2. The van der Waals surface area contributed by atoms with E-state index in [1.54, 1.807) is 7.11 Å². The van der Waals surface area contributed by atoms with Crippen molar-refractivity contribution in [2.45, 2.75) is 26.2 Å². The molecule has 102 valence electrons. The number of anilines is 1. The molecule has 2 rings (SSSR count). The molecule has 0 radical (unpaired) electrons. The van der Waals surface area contributed by atoms with E-state index in [1.807, 2.05) is 19.3 Å². The van der Waals surface area contributed by atoms with Crippen LogP contribution in [-0.4, -0.2) is 24.1 Å². The van der Waals surface area contributed by atoms with Crippen LogP contribution in [0, 0.1) is 0 Å². The van der Waals surface area contributed by atoms with Crippen molar-refractivity contribution in [3.05, 3.63) is 41.2 Å². The van der Waals surface area contributed by atoms with Crippen molar-refractivity contribution in [3.8, 4) is 5.75 Å². The minimum atomic E-state index is 0.513. The zero-order valence-electron chi connectivity index (χ0n) is 11.9. The Morgan fingerprint density at radius 2 is 2.16 bits per heavy atom. The third-order valence-corrected chi connectivity index (χ3v) is 3.22. The number of aromatic nitrogens is 2. The summed E-state index contributed by atoms with van der Waals surface area (Å²) in [5.41, 5.74) is 3.58. The Morgan fingerprint density at radius 1 is 1.37 bits per heavy atom. The van der Waals surface area contributed by atoms with E-state index in [0.29, 0.717) is 5.92 Å². The van der Waals surface area contributed by atoms with Crippen molar-refractivity contribution >= 4 is 5.95 Å². The average molecular weight is 259 g/mol. The molecular formula is C15H21N3O. The van der Waals surface area contributed by atoms with E-state index in [2.05, 4.69) is 41.3 Å². The standard InChI is InChI=1S/C15H21N3O/c1-10(2)11-5-6-14(19-4)12(7-11)8-13-9-17-15(16-3)18-13/h5-7,9-10H,8H2,1-4H3,(H2,16,17,18). The summed E-state index contributed by atoms with van der Waals surface area (Å²) in [4.78, 5) is 7.47. The van der Waals surface area contributed by atoms with Crippen molar-refractivity contribution in [3.63, 3.8) is 0 Å². The third-order valence-electron chi connectivity index (χ3n) is 3.22. The molecule has 1 aromatic carbocycles. The molecule has 0 spiro atoms. The van der Waals surface area contributed by atoms with Crippen LogP contribution in [0.2, 0.25) is 0 Å². The highest BCUT2D eigenvalue weighted by Crippen LogP contribution is 2.26. The van der Waals surface area contributed by atoms with Gasteiger partial charge in [-0.1, -0.05) is 26.0 Å². The lowest BCUT2D eigenvalue weighted by molar-refractivity contribution is 0.410. The smallest absolute Gasteiger partial charge is 0.200 e. The molecule has 1 aromatic heterocycles. The molecule has 0 amide bonds. The Morgan fingerprint density at radius 3 is 2.74 bits per heavy atom. The minimum absolute atomic E-state index is 0.513. The molecule has 1 heterocycles. The Hall–Kier alpha value is -1.97. The van der Waals surface area contributed by atoms with Crippen LogP contribution in [0.5, 0.6) is 5.75 Å². The van der Waals surface area contributed by atoms with E-state index < -0.39 is 0 Å². The molecule has 0 fully saturated rings. The molecule has 2 N–H and O–H groups in total. The van der Waals surface area contributed by atoms with E-state index in [-0.39, 0.29) is 0 Å². The maximum absolute atomic E-state index is 5.44. The van der Waals surface area contributed by atoms with Gasteiger partial charge >= 0.3 is 0 Å². The number of methoxy groups -OCH3 is 1. The van der Waals surface area contributed by atoms with Crippen molar-refractivity contribution < 1.29 is 4.74 Å². The van der Waals surface area contributed by atoms with Gasteiger partial charge in [-0.3, -0.25) is 0 Å². The topological polar surface area (TPSA) is 49.9 Å². The van der Waals surface area contributed by atoms with Gasteiger partial charge in [0.05, 0.1) is 13.3 Å². The lowest BCUT2D eigenvalue weighted by Crippen LogP contribution is -1.97. The van der Waals surface area contributed by atoms with Gasteiger partial charge in [0.1, 0.15) is 5.75 Å². The first-order chi connectivity index (χ1) is 9.13. The zero-order chi connectivity index (χ0) is 13.8. The number of ether oxygens (including phenoxy) is 1. The van der Waals surface area contributed by atoms with E-state index in [0.717, 1.165) is 23.8 Å². The van der Waals surface area contributed by atoms with Crippen LogP contribution < -0.4 is 10.1 Å². The van der Waals surface area contributed by atoms with Crippen molar-refractivity contribution in [2.75, 3.05) is 19.5 Å². The van der Waals surface area contributed by atoms with E-state index in [4.69, 9.17) is 4.74 Å². The van der Waals surface area contributed by atoms with Crippen molar-refractivity contribution in [2.24, 2.45) is 0 Å². The summed E-state index contributed by atoms with van der Waals surface area (Å²) in [6.07, 6.45) is 2.64. The maximum Gasteiger partial charge on any atom is 0.200 e. The highest BCUT2D eigenvalue weighted by molar-refractivity contribution is 5.41. The molecule has 0 saturated heterocycles. The van der Waals surface area contributed by atoms with Crippen molar-refractivity contribution in [1.82, 2.24) is 9.97 Å². The average Bonchev–Trinajstić information content (AvgIpc) is 2.86. The highest BCUT2D eigenvalue weighted by atomic mass is 16.5. The predicted molar refractivity (Wildman–Crippen MR) is 78.0 cm³/mol. The largest absolute Gasteiger partial charge is 0.496 e. The monoisotopic (exact) mass is 259 g/mol. The number of H-pyrrole nitrogens is 1. The van der Waals surface area contributed by atoms with Crippen LogP contribution in [0.15, 0.2) is 24.4 Å². The van der Waals surface area contributed by atoms with Gasteiger partial charge in [0, 0.05) is 24.7 Å². The van der Waals surface area contributed by atoms with Crippen LogP contribution in [0.3, 0.4) is 0 Å². The minimum Gasteiger partial charge on any atom is -0.496 e. The summed E-state index contributed by atoms with van der Waals surface area (Å²) in [5.74, 6) is 2.22. The van der Waals surface area contributed by atoms with Gasteiger partial charge in [-0.2, -0.15) is 0 Å². The third kappa shape index (κ3) is 3.08. The lowest BCUT2D eigenvalue weighted by atomic mass is 9.98. The number of benzene rings is 1. The van der Waals surface area contributed by atoms with Crippen LogP contribution in [0.25, 0.3) is 0 Å². The molecule has 4 nitrogen and oxygen atoms in total. The molecule has 4 heteroatoms. The summed E-state index contributed by atoms with van der Waals surface area (Å²) < 4.78 is 5.44. The summed E-state index contributed by atoms with van der Waals surface area (Å²) in [6, 6.07) is 6.38. The number of aromatic amines is 1. The fourth-order valence-corrected chi connectivity index (χ4v) is 2.08. The first kappa shape index (κ1) is 13.5. The van der Waals surface area contributed by atoms with Crippen LogP contribution in [0.4, 0.5) is 5.95 Å². The zero-order valence-corrected chi connectivity index (χ0v) is 11.9. The first-order valence-corrected chi connectivity index (χ1v) is 6.52. The normalized spacial score (nSPS) is 10.8. The molecule has 0 bridgehead atoms.